The first-order chi connectivity index (χ1) is 18.8. The van der Waals surface area contributed by atoms with E-state index in [0.717, 1.165) is 15.6 Å². The van der Waals surface area contributed by atoms with Gasteiger partial charge in [-0.25, -0.2) is 5.43 Å². The van der Waals surface area contributed by atoms with Crippen LogP contribution in [-0.4, -0.2) is 17.0 Å². The van der Waals surface area contributed by atoms with Gasteiger partial charge in [0, 0.05) is 32.8 Å². The van der Waals surface area contributed by atoms with Crippen LogP contribution in [-0.2, 0) is 13.2 Å². The second-order valence-electron chi connectivity index (χ2n) is 8.09. The summed E-state index contributed by atoms with van der Waals surface area (Å²) in [5, 5.41) is 15.6. The molecule has 39 heavy (non-hydrogen) atoms. The standard InChI is InChI=1S/C28H20Br2ClN3O5/c29-21-13-20(27(24(30)14-21)39-16-18-9-11-22(12-10-18)34(36)37)15-32-33-28(35)23-6-2-4-8-26(23)38-17-19-5-1-3-7-25(19)31/h1-15H,16-17H2,(H,33,35)/b32-15+. The van der Waals surface area contributed by atoms with Crippen LogP contribution in [0.3, 0.4) is 0 Å². The molecule has 0 bridgehead atoms. The lowest BCUT2D eigenvalue weighted by molar-refractivity contribution is -0.384. The van der Waals surface area contributed by atoms with Gasteiger partial charge in [-0.2, -0.15) is 5.10 Å². The van der Waals surface area contributed by atoms with E-state index in [-0.39, 0.29) is 18.9 Å². The first kappa shape index (κ1) is 28.3. The number of nitro groups is 1. The van der Waals surface area contributed by atoms with Gasteiger partial charge in [0.05, 0.1) is 21.2 Å². The number of para-hydroxylation sites is 1. The summed E-state index contributed by atoms with van der Waals surface area (Å²) in [6.45, 7) is 0.371. The minimum atomic E-state index is -0.456. The largest absolute Gasteiger partial charge is 0.488 e. The van der Waals surface area contributed by atoms with Gasteiger partial charge in [0.2, 0.25) is 0 Å². The molecule has 0 saturated heterocycles. The van der Waals surface area contributed by atoms with E-state index in [9.17, 15) is 14.9 Å². The minimum absolute atomic E-state index is 0.00275. The fraction of sp³-hybridized carbons (Fsp3) is 0.0714. The molecule has 0 aromatic heterocycles. The van der Waals surface area contributed by atoms with Gasteiger partial charge in [-0.15, -0.1) is 0 Å². The number of carbonyl (C=O) groups excluding carboxylic acids is 1. The molecule has 0 fully saturated rings. The van der Waals surface area contributed by atoms with Crippen molar-refractivity contribution >= 4 is 61.3 Å². The van der Waals surface area contributed by atoms with E-state index in [0.29, 0.717) is 32.1 Å². The third-order valence-corrected chi connectivity index (χ3v) is 6.83. The number of carbonyl (C=O) groups is 1. The van der Waals surface area contributed by atoms with Gasteiger partial charge in [-0.05, 0) is 64.0 Å². The lowest BCUT2D eigenvalue weighted by Gasteiger charge is -2.12. The molecule has 0 heterocycles. The fourth-order valence-corrected chi connectivity index (χ4v) is 5.03. The van der Waals surface area contributed by atoms with E-state index in [1.807, 2.05) is 24.3 Å². The monoisotopic (exact) mass is 671 g/mol. The number of nitrogens with one attached hydrogen (secondary N) is 1. The number of rotatable bonds is 10. The van der Waals surface area contributed by atoms with Crippen LogP contribution in [0.4, 0.5) is 5.69 Å². The van der Waals surface area contributed by atoms with Crippen molar-refractivity contribution in [2.75, 3.05) is 0 Å². The maximum atomic E-state index is 12.9. The van der Waals surface area contributed by atoms with Gasteiger partial charge in [-0.1, -0.05) is 57.9 Å². The number of hydrazone groups is 1. The zero-order valence-electron chi connectivity index (χ0n) is 20.1. The predicted octanol–water partition coefficient (Wildman–Crippen LogP) is 7.70. The van der Waals surface area contributed by atoms with Gasteiger partial charge in [0.1, 0.15) is 24.7 Å². The van der Waals surface area contributed by atoms with Gasteiger partial charge in [0.25, 0.3) is 11.6 Å². The molecule has 0 saturated carbocycles. The number of benzene rings is 4. The molecule has 4 rings (SSSR count). The molecule has 4 aromatic carbocycles. The van der Waals surface area contributed by atoms with E-state index in [1.54, 1.807) is 48.5 Å². The Hall–Kier alpha value is -3.73. The van der Waals surface area contributed by atoms with Crippen LogP contribution in [0.2, 0.25) is 5.02 Å². The van der Waals surface area contributed by atoms with Crippen LogP contribution in [0.5, 0.6) is 11.5 Å². The number of halogens is 3. The molecular formula is C28H20Br2ClN3O5. The van der Waals surface area contributed by atoms with Crippen molar-refractivity contribution < 1.29 is 19.2 Å². The number of nitrogens with zero attached hydrogens (tertiary/aromatic N) is 2. The molecule has 1 amide bonds. The Kier molecular flexibility index (Phi) is 9.69. The van der Waals surface area contributed by atoms with Crippen molar-refractivity contribution in [3.63, 3.8) is 0 Å². The maximum Gasteiger partial charge on any atom is 0.275 e. The first-order valence-corrected chi connectivity index (χ1v) is 13.4. The Morgan fingerprint density at radius 1 is 0.974 bits per heavy atom. The highest BCUT2D eigenvalue weighted by Gasteiger charge is 2.14. The molecule has 0 spiro atoms. The van der Waals surface area contributed by atoms with E-state index in [1.165, 1.54) is 18.3 Å². The van der Waals surface area contributed by atoms with Crippen LogP contribution in [0.25, 0.3) is 0 Å². The van der Waals surface area contributed by atoms with Gasteiger partial charge < -0.3 is 9.47 Å². The van der Waals surface area contributed by atoms with Crippen LogP contribution >= 0.6 is 43.5 Å². The molecule has 0 radical (unpaired) electrons. The summed E-state index contributed by atoms with van der Waals surface area (Å²) in [5.41, 5.74) is 4.98. The highest BCUT2D eigenvalue weighted by atomic mass is 79.9. The second-order valence-corrected chi connectivity index (χ2v) is 10.3. The second kappa shape index (κ2) is 13.4. The first-order valence-electron chi connectivity index (χ1n) is 11.5. The molecule has 1 N–H and O–H groups in total. The Balaban J connectivity index is 1.45. The zero-order chi connectivity index (χ0) is 27.8. The van der Waals surface area contributed by atoms with Crippen LogP contribution in [0.1, 0.15) is 27.0 Å². The van der Waals surface area contributed by atoms with Crippen molar-refractivity contribution in [3.8, 4) is 11.5 Å². The number of hydrogen-bond donors (Lipinski definition) is 1. The zero-order valence-corrected chi connectivity index (χ0v) is 24.1. The summed E-state index contributed by atoms with van der Waals surface area (Å²) in [6.07, 6.45) is 1.46. The van der Waals surface area contributed by atoms with Crippen LogP contribution in [0, 0.1) is 10.1 Å². The SMILES string of the molecule is O=C(N/N=C/c1cc(Br)cc(Br)c1OCc1ccc([N+](=O)[O-])cc1)c1ccccc1OCc1ccccc1Cl. The van der Waals surface area contributed by atoms with E-state index in [2.05, 4.69) is 42.4 Å². The smallest absolute Gasteiger partial charge is 0.275 e. The molecule has 198 valence electrons. The summed E-state index contributed by atoms with van der Waals surface area (Å²) in [5.74, 6) is 0.420. The molecular weight excluding hydrogens is 654 g/mol. The van der Waals surface area contributed by atoms with E-state index in [4.69, 9.17) is 21.1 Å². The van der Waals surface area contributed by atoms with Crippen molar-refractivity contribution in [2.24, 2.45) is 5.10 Å². The van der Waals surface area contributed by atoms with Gasteiger partial charge in [0.15, 0.2) is 0 Å². The fourth-order valence-electron chi connectivity index (χ4n) is 3.47. The molecule has 4 aromatic rings. The van der Waals surface area contributed by atoms with Crippen molar-refractivity contribution in [1.29, 1.82) is 0 Å². The van der Waals surface area contributed by atoms with Crippen LogP contribution < -0.4 is 14.9 Å². The average molecular weight is 674 g/mol. The third-order valence-electron chi connectivity index (χ3n) is 5.41. The van der Waals surface area contributed by atoms with Gasteiger partial charge >= 0.3 is 0 Å². The summed E-state index contributed by atoms with van der Waals surface area (Å²) in [7, 11) is 0. The number of nitro benzene ring substituents is 1. The molecule has 0 unspecified atom stereocenters. The normalized spacial score (nSPS) is 10.8. The highest BCUT2D eigenvalue weighted by molar-refractivity contribution is 9.11. The summed E-state index contributed by atoms with van der Waals surface area (Å²) in [6, 6.07) is 23.9. The number of ether oxygens (including phenoxy) is 2. The predicted molar refractivity (Wildman–Crippen MR) is 157 cm³/mol. The molecule has 0 aliphatic carbocycles. The lowest BCUT2D eigenvalue weighted by atomic mass is 10.2. The average Bonchev–Trinajstić information content (AvgIpc) is 2.92. The Bertz CT molecular complexity index is 1530. The number of hydrogen-bond acceptors (Lipinski definition) is 6. The topological polar surface area (TPSA) is 103 Å². The quantitative estimate of drug-likeness (QED) is 0.106. The molecule has 0 aliphatic rings. The Morgan fingerprint density at radius 2 is 1.69 bits per heavy atom. The summed E-state index contributed by atoms with van der Waals surface area (Å²) in [4.78, 5) is 23.3. The molecule has 0 aliphatic heterocycles. The van der Waals surface area contributed by atoms with Crippen molar-refractivity contribution in [3.05, 3.63) is 131 Å². The summed E-state index contributed by atoms with van der Waals surface area (Å²) >= 11 is 13.1. The van der Waals surface area contributed by atoms with E-state index >= 15 is 0 Å². The number of non-ortho nitro benzene ring substituents is 1. The summed E-state index contributed by atoms with van der Waals surface area (Å²) < 4.78 is 13.3. The Labute approximate surface area is 246 Å². The third kappa shape index (κ3) is 7.66. The van der Waals surface area contributed by atoms with E-state index < -0.39 is 10.8 Å². The molecule has 11 heteroatoms. The number of amides is 1. The lowest BCUT2D eigenvalue weighted by Crippen LogP contribution is -2.18. The van der Waals surface area contributed by atoms with Gasteiger partial charge in [-0.3, -0.25) is 14.9 Å². The molecule has 0 atom stereocenters. The molecule has 8 nitrogen and oxygen atoms in total. The highest BCUT2D eigenvalue weighted by Crippen LogP contribution is 2.33. The van der Waals surface area contributed by atoms with Crippen molar-refractivity contribution in [2.45, 2.75) is 13.2 Å². The Morgan fingerprint density at radius 3 is 2.44 bits per heavy atom. The minimum Gasteiger partial charge on any atom is -0.488 e. The maximum absolute atomic E-state index is 12.9. The van der Waals surface area contributed by atoms with Crippen LogP contribution in [0.15, 0.2) is 99.0 Å². The van der Waals surface area contributed by atoms with Crippen molar-refractivity contribution in [1.82, 2.24) is 5.43 Å².